The second kappa shape index (κ2) is 4.92. The van der Waals surface area contributed by atoms with Crippen molar-refractivity contribution in [2.75, 3.05) is 0 Å². The van der Waals surface area contributed by atoms with Gasteiger partial charge in [0.25, 0.3) is 21.8 Å². The van der Waals surface area contributed by atoms with Gasteiger partial charge in [0.1, 0.15) is 4.90 Å². The first-order valence-corrected chi connectivity index (χ1v) is 8.43. The molecule has 0 N–H and O–H groups in total. The molecule has 0 aromatic heterocycles. The largest absolute Gasteiger partial charge is 0.276 e. The van der Waals surface area contributed by atoms with Gasteiger partial charge < -0.3 is 0 Å². The van der Waals surface area contributed by atoms with Crippen molar-refractivity contribution in [2.45, 2.75) is 4.90 Å². The lowest BCUT2D eigenvalue weighted by Crippen LogP contribution is -2.36. The molecule has 0 atom stereocenters. The molecule has 2 aromatic rings. The van der Waals surface area contributed by atoms with Crippen molar-refractivity contribution in [2.24, 2.45) is 0 Å². The van der Waals surface area contributed by atoms with E-state index in [1.807, 2.05) is 0 Å². The molecule has 0 unspecified atom stereocenters. The molecule has 0 fully saturated rings. The third kappa shape index (κ3) is 2.16. The molecular formula is C14H8INO4S. The lowest BCUT2D eigenvalue weighted by Gasteiger charge is -2.13. The minimum absolute atomic E-state index is 0.0244. The van der Waals surface area contributed by atoms with Crippen molar-refractivity contribution in [1.82, 2.24) is 4.31 Å². The van der Waals surface area contributed by atoms with Crippen LogP contribution in [0.5, 0.6) is 0 Å². The zero-order valence-corrected chi connectivity index (χ0v) is 13.5. The zero-order valence-electron chi connectivity index (χ0n) is 10.5. The highest BCUT2D eigenvalue weighted by atomic mass is 127. The minimum atomic E-state index is -4.12. The third-order valence-electron chi connectivity index (χ3n) is 3.10. The maximum atomic E-state index is 12.4. The van der Waals surface area contributed by atoms with Crippen LogP contribution in [0.15, 0.2) is 53.4 Å². The highest BCUT2D eigenvalue weighted by molar-refractivity contribution is 14.1. The molecule has 21 heavy (non-hydrogen) atoms. The number of imide groups is 1. The number of sulfonamides is 1. The molecule has 0 radical (unpaired) electrons. The van der Waals surface area contributed by atoms with Crippen molar-refractivity contribution in [3.05, 3.63) is 63.2 Å². The number of halogens is 1. The molecule has 0 aliphatic carbocycles. The van der Waals surface area contributed by atoms with Crippen LogP contribution in [0.25, 0.3) is 0 Å². The molecule has 3 rings (SSSR count). The van der Waals surface area contributed by atoms with E-state index in [1.54, 1.807) is 18.2 Å². The van der Waals surface area contributed by atoms with Gasteiger partial charge in [-0.15, -0.1) is 0 Å². The molecule has 2 amide bonds. The summed E-state index contributed by atoms with van der Waals surface area (Å²) >= 11 is 2.07. The molecule has 1 aliphatic heterocycles. The summed E-state index contributed by atoms with van der Waals surface area (Å²) in [4.78, 5) is 24.5. The Morgan fingerprint density at radius 2 is 1.62 bits per heavy atom. The number of carbonyl (C=O) groups is 2. The highest BCUT2D eigenvalue weighted by Crippen LogP contribution is 2.31. The number of hydrogen-bond acceptors (Lipinski definition) is 4. The summed E-state index contributed by atoms with van der Waals surface area (Å²) in [5.41, 5.74) is 0.177. The summed E-state index contributed by atoms with van der Waals surface area (Å²) in [7, 11) is -4.12. The fraction of sp³-hybridized carbons (Fsp3) is 0. The van der Waals surface area contributed by atoms with Gasteiger partial charge in [-0.05, 0) is 59.0 Å². The Hall–Kier alpha value is -1.74. The van der Waals surface area contributed by atoms with Crippen LogP contribution in [0.2, 0.25) is 0 Å². The number of amides is 2. The maximum Gasteiger partial charge on any atom is 0.276 e. The van der Waals surface area contributed by atoms with E-state index in [2.05, 4.69) is 22.6 Å². The number of benzene rings is 2. The summed E-state index contributed by atoms with van der Waals surface area (Å²) in [6.07, 6.45) is 0. The van der Waals surface area contributed by atoms with Crippen LogP contribution in [-0.4, -0.2) is 24.5 Å². The zero-order chi connectivity index (χ0) is 15.2. The van der Waals surface area contributed by atoms with Gasteiger partial charge in [0, 0.05) is 9.13 Å². The van der Waals surface area contributed by atoms with Crippen LogP contribution in [-0.2, 0) is 10.0 Å². The Morgan fingerprint density at radius 1 is 1.00 bits per heavy atom. The molecule has 0 spiro atoms. The normalized spacial score (nSPS) is 15.9. The van der Waals surface area contributed by atoms with Gasteiger partial charge in [0.15, 0.2) is 0 Å². The van der Waals surface area contributed by atoms with Crippen LogP contribution < -0.4 is 0 Å². The van der Waals surface area contributed by atoms with Crippen molar-refractivity contribution in [3.63, 3.8) is 0 Å². The second-order valence-electron chi connectivity index (χ2n) is 4.38. The van der Waals surface area contributed by atoms with E-state index in [9.17, 15) is 18.0 Å². The fourth-order valence-electron chi connectivity index (χ4n) is 2.10. The Labute approximate surface area is 134 Å². The molecule has 1 heterocycles. The first-order chi connectivity index (χ1) is 9.93. The van der Waals surface area contributed by atoms with Gasteiger partial charge in [0.05, 0.1) is 5.56 Å². The number of carbonyl (C=O) groups excluding carboxylic acids is 2. The molecule has 0 saturated carbocycles. The molecule has 2 aromatic carbocycles. The van der Waals surface area contributed by atoms with Gasteiger partial charge >= 0.3 is 0 Å². The third-order valence-corrected chi connectivity index (χ3v) is 5.54. The first-order valence-electron chi connectivity index (χ1n) is 5.91. The quantitative estimate of drug-likeness (QED) is 0.532. The van der Waals surface area contributed by atoms with Crippen LogP contribution in [0, 0.1) is 3.57 Å². The van der Waals surface area contributed by atoms with Crippen molar-refractivity contribution in [1.29, 1.82) is 0 Å². The van der Waals surface area contributed by atoms with E-state index in [1.165, 1.54) is 30.3 Å². The number of rotatable bonds is 1. The van der Waals surface area contributed by atoms with E-state index in [0.717, 1.165) is 3.57 Å². The SMILES string of the molecule is O=C(c1ccc(I)cc1)N1C(=O)c2ccccc2S1(=O)=O. The molecule has 5 nitrogen and oxygen atoms in total. The smallest absolute Gasteiger partial charge is 0.267 e. The molecule has 0 saturated heterocycles. The highest BCUT2D eigenvalue weighted by Gasteiger charge is 2.45. The van der Waals surface area contributed by atoms with Gasteiger partial charge in [-0.25, -0.2) is 8.42 Å². The molecule has 1 aliphatic rings. The van der Waals surface area contributed by atoms with E-state index >= 15 is 0 Å². The summed E-state index contributed by atoms with van der Waals surface area (Å²) in [6.45, 7) is 0. The van der Waals surface area contributed by atoms with Gasteiger partial charge in [0.2, 0.25) is 0 Å². The standard InChI is InChI=1S/C14H8INO4S/c15-10-7-5-9(6-8-10)13(17)16-14(18)11-3-1-2-4-12(11)21(16,19)20/h1-8H. The predicted octanol–water partition coefficient (Wildman–Crippen LogP) is 2.28. The summed E-state index contributed by atoms with van der Waals surface area (Å²) in [5, 5.41) is 0. The summed E-state index contributed by atoms with van der Waals surface area (Å²) in [6, 6.07) is 12.1. The van der Waals surface area contributed by atoms with Crippen molar-refractivity contribution >= 4 is 44.4 Å². The molecule has 106 valence electrons. The van der Waals surface area contributed by atoms with Gasteiger partial charge in [-0.1, -0.05) is 12.1 Å². The van der Waals surface area contributed by atoms with E-state index in [4.69, 9.17) is 0 Å². The molecule has 7 heteroatoms. The van der Waals surface area contributed by atoms with E-state index in [0.29, 0.717) is 4.31 Å². The Kier molecular flexibility index (Phi) is 3.33. The van der Waals surface area contributed by atoms with Crippen LogP contribution in [0.3, 0.4) is 0 Å². The van der Waals surface area contributed by atoms with Crippen molar-refractivity contribution in [3.8, 4) is 0 Å². The lowest BCUT2D eigenvalue weighted by molar-refractivity contribution is 0.0740. The topological polar surface area (TPSA) is 71.5 Å². The fourth-order valence-corrected chi connectivity index (χ4v) is 3.98. The Morgan fingerprint density at radius 3 is 2.24 bits per heavy atom. The molecule has 0 bridgehead atoms. The molecular weight excluding hydrogens is 405 g/mol. The average Bonchev–Trinajstić information content (AvgIpc) is 2.67. The summed E-state index contributed by atoms with van der Waals surface area (Å²) in [5.74, 6) is -1.65. The van der Waals surface area contributed by atoms with Gasteiger partial charge in [-0.3, -0.25) is 9.59 Å². The van der Waals surface area contributed by atoms with E-state index in [-0.39, 0.29) is 16.0 Å². The Balaban J connectivity index is 2.11. The Bertz CT molecular complexity index is 859. The average molecular weight is 413 g/mol. The van der Waals surface area contributed by atoms with Gasteiger partial charge in [-0.2, -0.15) is 4.31 Å². The monoisotopic (exact) mass is 413 g/mol. The van der Waals surface area contributed by atoms with Crippen LogP contribution in [0.4, 0.5) is 0 Å². The second-order valence-corrected chi connectivity index (χ2v) is 7.38. The van der Waals surface area contributed by atoms with E-state index < -0.39 is 21.8 Å². The summed E-state index contributed by atoms with van der Waals surface area (Å²) < 4.78 is 26.0. The number of nitrogens with zero attached hydrogens (tertiary/aromatic N) is 1. The van der Waals surface area contributed by atoms with Crippen LogP contribution >= 0.6 is 22.6 Å². The predicted molar refractivity (Wildman–Crippen MR) is 83.3 cm³/mol. The lowest BCUT2D eigenvalue weighted by atomic mass is 10.2. The first kappa shape index (κ1) is 14.2. The number of hydrogen-bond donors (Lipinski definition) is 0. The number of fused-ring (bicyclic) bond motifs is 1. The minimum Gasteiger partial charge on any atom is -0.267 e. The van der Waals surface area contributed by atoms with Crippen molar-refractivity contribution < 1.29 is 18.0 Å². The maximum absolute atomic E-state index is 12.4. The van der Waals surface area contributed by atoms with Crippen LogP contribution in [0.1, 0.15) is 20.7 Å².